The van der Waals surface area contributed by atoms with Crippen molar-refractivity contribution in [2.24, 2.45) is 0 Å². The summed E-state index contributed by atoms with van der Waals surface area (Å²) in [6.45, 7) is 0. The number of ketones is 1. The van der Waals surface area contributed by atoms with Gasteiger partial charge in [-0.25, -0.2) is 0 Å². The SMILES string of the molecule is COc1cccc(C(=O)c2ccccc2OC(F)(F)F)c1. The summed E-state index contributed by atoms with van der Waals surface area (Å²) < 4.78 is 45.9. The number of halogens is 3. The summed E-state index contributed by atoms with van der Waals surface area (Å²) in [6.07, 6.45) is -4.86. The molecule has 0 heterocycles. The molecule has 0 N–H and O–H groups in total. The van der Waals surface area contributed by atoms with Gasteiger partial charge in [-0.3, -0.25) is 4.79 Å². The molecule has 0 aliphatic heterocycles. The lowest BCUT2D eigenvalue weighted by atomic mass is 10.0. The number of ether oxygens (including phenoxy) is 2. The Balaban J connectivity index is 2.39. The lowest BCUT2D eigenvalue weighted by molar-refractivity contribution is -0.274. The third kappa shape index (κ3) is 3.75. The van der Waals surface area contributed by atoms with Crippen molar-refractivity contribution in [1.29, 1.82) is 0 Å². The van der Waals surface area contributed by atoms with E-state index in [4.69, 9.17) is 4.74 Å². The van der Waals surface area contributed by atoms with Crippen molar-refractivity contribution < 1.29 is 27.4 Å². The molecule has 0 spiro atoms. The second-order valence-corrected chi connectivity index (χ2v) is 4.11. The van der Waals surface area contributed by atoms with Crippen LogP contribution in [-0.4, -0.2) is 19.3 Å². The quantitative estimate of drug-likeness (QED) is 0.804. The van der Waals surface area contributed by atoms with Gasteiger partial charge in [0.25, 0.3) is 0 Å². The zero-order chi connectivity index (χ0) is 15.5. The first-order valence-electron chi connectivity index (χ1n) is 5.94. The van der Waals surface area contributed by atoms with Crippen LogP contribution < -0.4 is 9.47 Å². The molecule has 0 unspecified atom stereocenters. The Kier molecular flexibility index (Phi) is 4.16. The van der Waals surface area contributed by atoms with Gasteiger partial charge in [0, 0.05) is 5.56 Å². The van der Waals surface area contributed by atoms with Crippen LogP contribution in [0.2, 0.25) is 0 Å². The van der Waals surface area contributed by atoms with Gasteiger partial charge in [0.1, 0.15) is 11.5 Å². The lowest BCUT2D eigenvalue weighted by Crippen LogP contribution is -2.19. The van der Waals surface area contributed by atoms with Crippen LogP contribution in [0, 0.1) is 0 Å². The third-order valence-corrected chi connectivity index (χ3v) is 2.69. The average Bonchev–Trinajstić information content (AvgIpc) is 2.45. The van der Waals surface area contributed by atoms with Gasteiger partial charge in [0.05, 0.1) is 12.7 Å². The van der Waals surface area contributed by atoms with E-state index in [9.17, 15) is 18.0 Å². The smallest absolute Gasteiger partial charge is 0.497 e. The number of rotatable bonds is 4. The predicted molar refractivity (Wildman–Crippen MR) is 69.6 cm³/mol. The van der Waals surface area contributed by atoms with Crippen molar-refractivity contribution in [3.8, 4) is 11.5 Å². The van der Waals surface area contributed by atoms with Gasteiger partial charge in [-0.2, -0.15) is 0 Å². The summed E-state index contributed by atoms with van der Waals surface area (Å²) in [5.74, 6) is -0.665. The van der Waals surface area contributed by atoms with Crippen molar-refractivity contribution in [2.45, 2.75) is 6.36 Å². The zero-order valence-corrected chi connectivity index (χ0v) is 11.0. The van der Waals surface area contributed by atoms with Gasteiger partial charge in [-0.05, 0) is 24.3 Å². The molecule has 0 fully saturated rings. The Morgan fingerprint density at radius 2 is 1.76 bits per heavy atom. The Morgan fingerprint density at radius 3 is 2.43 bits per heavy atom. The monoisotopic (exact) mass is 296 g/mol. The molecule has 0 radical (unpaired) electrons. The Hall–Kier alpha value is -2.50. The number of para-hydroxylation sites is 1. The number of hydrogen-bond donors (Lipinski definition) is 0. The molecule has 3 nitrogen and oxygen atoms in total. The molecule has 2 aromatic carbocycles. The van der Waals surface area contributed by atoms with Crippen LogP contribution >= 0.6 is 0 Å². The van der Waals surface area contributed by atoms with Crippen LogP contribution in [0.4, 0.5) is 13.2 Å². The van der Waals surface area contributed by atoms with Crippen molar-refractivity contribution in [3.63, 3.8) is 0 Å². The van der Waals surface area contributed by atoms with E-state index in [1.807, 2.05) is 0 Å². The fraction of sp³-hybridized carbons (Fsp3) is 0.133. The van der Waals surface area contributed by atoms with E-state index < -0.39 is 17.9 Å². The number of alkyl halides is 3. The topological polar surface area (TPSA) is 35.5 Å². The van der Waals surface area contributed by atoms with Crippen molar-refractivity contribution in [3.05, 3.63) is 59.7 Å². The highest BCUT2D eigenvalue weighted by atomic mass is 19.4. The average molecular weight is 296 g/mol. The molecule has 21 heavy (non-hydrogen) atoms. The maximum atomic E-state index is 12.4. The summed E-state index contributed by atoms with van der Waals surface area (Å²) in [5, 5.41) is 0. The fourth-order valence-electron chi connectivity index (χ4n) is 1.79. The van der Waals surface area contributed by atoms with Crippen LogP contribution in [0.5, 0.6) is 11.5 Å². The van der Waals surface area contributed by atoms with E-state index in [-0.39, 0.29) is 11.1 Å². The summed E-state index contributed by atoms with van der Waals surface area (Å²) >= 11 is 0. The molecule has 110 valence electrons. The van der Waals surface area contributed by atoms with Gasteiger partial charge in [0.2, 0.25) is 0 Å². The molecule has 0 amide bonds. The number of carbonyl (C=O) groups excluding carboxylic acids is 1. The minimum Gasteiger partial charge on any atom is -0.497 e. The molecule has 2 rings (SSSR count). The van der Waals surface area contributed by atoms with Gasteiger partial charge in [0.15, 0.2) is 5.78 Å². The van der Waals surface area contributed by atoms with E-state index in [1.54, 1.807) is 12.1 Å². The van der Waals surface area contributed by atoms with Crippen molar-refractivity contribution in [1.82, 2.24) is 0 Å². The van der Waals surface area contributed by atoms with E-state index >= 15 is 0 Å². The van der Waals surface area contributed by atoms with Gasteiger partial charge in [-0.1, -0.05) is 24.3 Å². The van der Waals surface area contributed by atoms with Crippen molar-refractivity contribution >= 4 is 5.78 Å². The zero-order valence-electron chi connectivity index (χ0n) is 11.0. The molecule has 0 bridgehead atoms. The fourth-order valence-corrected chi connectivity index (χ4v) is 1.79. The minimum atomic E-state index is -4.86. The van der Waals surface area contributed by atoms with Crippen LogP contribution in [-0.2, 0) is 0 Å². The molecular formula is C15H11F3O3. The predicted octanol–water partition coefficient (Wildman–Crippen LogP) is 3.82. The van der Waals surface area contributed by atoms with Crippen LogP contribution in [0.1, 0.15) is 15.9 Å². The van der Waals surface area contributed by atoms with Crippen LogP contribution in [0.3, 0.4) is 0 Å². The molecule has 0 aliphatic rings. The second-order valence-electron chi connectivity index (χ2n) is 4.11. The van der Waals surface area contributed by atoms with E-state index in [0.717, 1.165) is 6.07 Å². The van der Waals surface area contributed by atoms with Crippen LogP contribution in [0.25, 0.3) is 0 Å². The van der Waals surface area contributed by atoms with Crippen molar-refractivity contribution in [2.75, 3.05) is 7.11 Å². The van der Waals surface area contributed by atoms with E-state index in [2.05, 4.69) is 4.74 Å². The molecule has 0 saturated carbocycles. The Bertz CT molecular complexity index is 651. The number of carbonyl (C=O) groups is 1. The largest absolute Gasteiger partial charge is 0.573 e. The van der Waals surface area contributed by atoms with E-state index in [1.165, 1.54) is 37.4 Å². The highest BCUT2D eigenvalue weighted by Gasteiger charge is 2.32. The summed E-state index contributed by atoms with van der Waals surface area (Å²) in [5.41, 5.74) is 0.0515. The highest BCUT2D eigenvalue weighted by Crippen LogP contribution is 2.28. The molecule has 0 saturated heterocycles. The van der Waals surface area contributed by atoms with Gasteiger partial charge in [-0.15, -0.1) is 13.2 Å². The normalized spacial score (nSPS) is 11.0. The first-order valence-corrected chi connectivity index (χ1v) is 5.94. The maximum absolute atomic E-state index is 12.4. The van der Waals surface area contributed by atoms with Gasteiger partial charge < -0.3 is 9.47 Å². The number of methoxy groups -OCH3 is 1. The molecule has 0 aromatic heterocycles. The molecule has 0 atom stereocenters. The summed E-state index contributed by atoms with van der Waals surface area (Å²) in [4.78, 5) is 12.3. The van der Waals surface area contributed by atoms with Crippen LogP contribution in [0.15, 0.2) is 48.5 Å². The summed E-state index contributed by atoms with van der Waals surface area (Å²) in [7, 11) is 1.43. The first kappa shape index (κ1) is 14.9. The standard InChI is InChI=1S/C15H11F3O3/c1-20-11-6-4-5-10(9-11)14(19)12-7-2-3-8-13(12)21-15(16,17)18/h2-9H,1H3. The minimum absolute atomic E-state index is 0.164. The maximum Gasteiger partial charge on any atom is 0.573 e. The third-order valence-electron chi connectivity index (χ3n) is 2.69. The first-order chi connectivity index (χ1) is 9.90. The number of hydrogen-bond acceptors (Lipinski definition) is 3. The Morgan fingerprint density at radius 1 is 1.05 bits per heavy atom. The molecule has 2 aromatic rings. The van der Waals surface area contributed by atoms with E-state index in [0.29, 0.717) is 5.75 Å². The number of benzene rings is 2. The second kappa shape index (κ2) is 5.87. The highest BCUT2D eigenvalue weighted by molar-refractivity contribution is 6.10. The molecule has 6 heteroatoms. The molecular weight excluding hydrogens is 285 g/mol. The Labute approximate surface area is 118 Å². The van der Waals surface area contributed by atoms with Gasteiger partial charge >= 0.3 is 6.36 Å². The summed E-state index contributed by atoms with van der Waals surface area (Å²) in [6, 6.07) is 11.4. The lowest BCUT2D eigenvalue weighted by Gasteiger charge is -2.12. The molecule has 0 aliphatic carbocycles.